The molecule has 0 unspecified atom stereocenters. The monoisotopic (exact) mass is 267 g/mol. The zero-order valence-electron chi connectivity index (χ0n) is 11.7. The highest BCUT2D eigenvalue weighted by Crippen LogP contribution is 2.27. The molecule has 0 aliphatic heterocycles. The molecule has 1 aliphatic carbocycles. The number of nitrogens with zero attached hydrogens (tertiary/aromatic N) is 1. The molecular weight excluding hydrogens is 250 g/mol. The molecule has 3 heteroatoms. The van der Waals surface area contributed by atoms with Crippen LogP contribution in [0.5, 0.6) is 5.75 Å². The van der Waals surface area contributed by atoms with Crippen LogP contribution >= 0.6 is 0 Å². The molecule has 102 valence electrons. The highest BCUT2D eigenvalue weighted by molar-refractivity contribution is 6.09. The maximum Gasteiger partial charge on any atom is 0.193 e. The molecule has 3 rings (SSSR count). The zero-order valence-corrected chi connectivity index (χ0v) is 11.7. The largest absolute Gasteiger partial charge is 0.490 e. The van der Waals surface area contributed by atoms with E-state index in [1.807, 2.05) is 50.2 Å². The molecule has 3 nitrogen and oxygen atoms in total. The Balaban J connectivity index is 1.88. The third-order valence-electron chi connectivity index (χ3n) is 3.27. The minimum Gasteiger partial charge on any atom is -0.490 e. The molecule has 1 fully saturated rings. The average Bonchev–Trinajstić information content (AvgIpc) is 3.21. The molecule has 0 amide bonds. The Hall–Kier alpha value is -2.16. The molecule has 0 atom stereocenters. The fourth-order valence-corrected chi connectivity index (χ4v) is 2.22. The second-order valence-corrected chi connectivity index (χ2v) is 5.31. The third kappa shape index (κ3) is 2.87. The zero-order chi connectivity index (χ0) is 14.1. The van der Waals surface area contributed by atoms with Gasteiger partial charge in [-0.15, -0.1) is 0 Å². The Morgan fingerprint density at radius 2 is 1.80 bits per heavy atom. The molecular formula is C17H17NO2. The van der Waals surface area contributed by atoms with E-state index in [-0.39, 0.29) is 5.78 Å². The van der Waals surface area contributed by atoms with Gasteiger partial charge in [-0.1, -0.05) is 12.1 Å². The molecule has 0 radical (unpaired) electrons. The van der Waals surface area contributed by atoms with Crippen molar-refractivity contribution >= 4 is 5.78 Å². The summed E-state index contributed by atoms with van der Waals surface area (Å²) in [6.45, 7) is 3.80. The van der Waals surface area contributed by atoms with Gasteiger partial charge in [-0.3, -0.25) is 9.78 Å². The molecule has 2 aromatic rings. The number of pyridine rings is 1. The number of benzene rings is 1. The van der Waals surface area contributed by atoms with Gasteiger partial charge in [-0.05, 0) is 51.0 Å². The van der Waals surface area contributed by atoms with E-state index < -0.39 is 0 Å². The second-order valence-electron chi connectivity index (χ2n) is 5.31. The summed E-state index contributed by atoms with van der Waals surface area (Å²) in [5.74, 6) is 0.792. The average molecular weight is 267 g/mol. The maximum absolute atomic E-state index is 12.5. The van der Waals surface area contributed by atoms with Crippen LogP contribution in [0, 0.1) is 13.8 Å². The Kier molecular flexibility index (Phi) is 3.26. The van der Waals surface area contributed by atoms with E-state index in [4.69, 9.17) is 4.74 Å². The quantitative estimate of drug-likeness (QED) is 0.796. The summed E-state index contributed by atoms with van der Waals surface area (Å²) in [6, 6.07) is 11.1. The standard InChI is InChI=1S/C17H17NO2/c1-11-8-14(9-12(2)18-11)17(19)13-4-3-5-16(10-13)20-15-6-7-15/h3-5,8-10,15H,6-7H2,1-2H3. The third-order valence-corrected chi connectivity index (χ3v) is 3.27. The second kappa shape index (κ2) is 5.08. The number of ketones is 1. The van der Waals surface area contributed by atoms with Crippen LogP contribution in [0.15, 0.2) is 36.4 Å². The first kappa shape index (κ1) is 12.9. The van der Waals surface area contributed by atoms with E-state index in [2.05, 4.69) is 4.98 Å². The van der Waals surface area contributed by atoms with Crippen molar-refractivity contribution in [3.05, 3.63) is 58.9 Å². The van der Waals surface area contributed by atoms with Gasteiger partial charge in [0.15, 0.2) is 5.78 Å². The minimum absolute atomic E-state index is 0.0137. The molecule has 20 heavy (non-hydrogen) atoms. The Morgan fingerprint density at radius 1 is 1.10 bits per heavy atom. The topological polar surface area (TPSA) is 39.2 Å². The van der Waals surface area contributed by atoms with Crippen LogP contribution in [0.4, 0.5) is 0 Å². The first-order valence-electron chi connectivity index (χ1n) is 6.88. The van der Waals surface area contributed by atoms with Gasteiger partial charge in [0.1, 0.15) is 5.75 Å². The lowest BCUT2D eigenvalue weighted by Crippen LogP contribution is -2.04. The summed E-state index contributed by atoms with van der Waals surface area (Å²) in [4.78, 5) is 16.8. The number of aromatic nitrogens is 1. The van der Waals surface area contributed by atoms with Gasteiger partial charge < -0.3 is 4.74 Å². The van der Waals surface area contributed by atoms with Crippen molar-refractivity contribution < 1.29 is 9.53 Å². The van der Waals surface area contributed by atoms with E-state index in [1.54, 1.807) is 0 Å². The van der Waals surface area contributed by atoms with Gasteiger partial charge in [-0.25, -0.2) is 0 Å². The van der Waals surface area contributed by atoms with Gasteiger partial charge in [0, 0.05) is 22.5 Å². The van der Waals surface area contributed by atoms with Crippen molar-refractivity contribution in [1.29, 1.82) is 0 Å². The van der Waals surface area contributed by atoms with Gasteiger partial charge in [-0.2, -0.15) is 0 Å². The molecule has 0 spiro atoms. The molecule has 0 saturated heterocycles. The van der Waals surface area contributed by atoms with Crippen LogP contribution < -0.4 is 4.74 Å². The molecule has 1 saturated carbocycles. The van der Waals surface area contributed by atoms with Crippen molar-refractivity contribution in [2.75, 3.05) is 0 Å². The Labute approximate surface area is 118 Å². The molecule has 1 heterocycles. The van der Waals surface area contributed by atoms with Gasteiger partial charge >= 0.3 is 0 Å². The van der Waals surface area contributed by atoms with E-state index in [0.717, 1.165) is 30.0 Å². The number of rotatable bonds is 4. The highest BCUT2D eigenvalue weighted by Gasteiger charge is 2.23. The lowest BCUT2D eigenvalue weighted by molar-refractivity contribution is 0.103. The van der Waals surface area contributed by atoms with E-state index in [9.17, 15) is 4.79 Å². The summed E-state index contributed by atoms with van der Waals surface area (Å²) < 4.78 is 5.73. The van der Waals surface area contributed by atoms with Crippen LogP contribution in [-0.4, -0.2) is 16.9 Å². The molecule has 1 aromatic heterocycles. The first-order chi connectivity index (χ1) is 9.61. The van der Waals surface area contributed by atoms with Crippen LogP contribution in [0.2, 0.25) is 0 Å². The number of carbonyl (C=O) groups is 1. The fourth-order valence-electron chi connectivity index (χ4n) is 2.22. The summed E-state index contributed by atoms with van der Waals surface area (Å²) in [5.41, 5.74) is 3.06. The van der Waals surface area contributed by atoms with Gasteiger partial charge in [0.2, 0.25) is 0 Å². The Morgan fingerprint density at radius 3 is 2.45 bits per heavy atom. The normalized spacial score (nSPS) is 14.1. The molecule has 1 aliphatic rings. The molecule has 0 bridgehead atoms. The number of carbonyl (C=O) groups excluding carboxylic acids is 1. The number of hydrogen-bond donors (Lipinski definition) is 0. The van der Waals surface area contributed by atoms with Crippen LogP contribution in [0.1, 0.15) is 40.2 Å². The van der Waals surface area contributed by atoms with Gasteiger partial charge in [0.05, 0.1) is 6.10 Å². The predicted molar refractivity (Wildman–Crippen MR) is 77.2 cm³/mol. The fraction of sp³-hybridized carbons (Fsp3) is 0.294. The summed E-state index contributed by atoms with van der Waals surface area (Å²) >= 11 is 0. The van der Waals surface area contributed by atoms with Crippen LogP contribution in [0.3, 0.4) is 0 Å². The van der Waals surface area contributed by atoms with Crippen molar-refractivity contribution in [2.24, 2.45) is 0 Å². The summed E-state index contributed by atoms with van der Waals surface area (Å²) in [7, 11) is 0. The minimum atomic E-state index is 0.0137. The van der Waals surface area contributed by atoms with Crippen molar-refractivity contribution in [1.82, 2.24) is 4.98 Å². The van der Waals surface area contributed by atoms with E-state index in [0.29, 0.717) is 17.2 Å². The van der Waals surface area contributed by atoms with Crippen molar-refractivity contribution in [2.45, 2.75) is 32.8 Å². The number of hydrogen-bond acceptors (Lipinski definition) is 3. The van der Waals surface area contributed by atoms with E-state index >= 15 is 0 Å². The smallest absolute Gasteiger partial charge is 0.193 e. The summed E-state index contributed by atoms with van der Waals surface area (Å²) in [5, 5.41) is 0. The van der Waals surface area contributed by atoms with E-state index in [1.165, 1.54) is 0 Å². The maximum atomic E-state index is 12.5. The highest BCUT2D eigenvalue weighted by atomic mass is 16.5. The van der Waals surface area contributed by atoms with Crippen molar-refractivity contribution in [3.63, 3.8) is 0 Å². The predicted octanol–water partition coefficient (Wildman–Crippen LogP) is 3.47. The van der Waals surface area contributed by atoms with Crippen molar-refractivity contribution in [3.8, 4) is 5.75 Å². The molecule has 1 aromatic carbocycles. The van der Waals surface area contributed by atoms with Crippen LogP contribution in [-0.2, 0) is 0 Å². The molecule has 0 N–H and O–H groups in total. The van der Waals surface area contributed by atoms with Gasteiger partial charge in [0.25, 0.3) is 0 Å². The summed E-state index contributed by atoms with van der Waals surface area (Å²) in [6.07, 6.45) is 2.56. The lowest BCUT2D eigenvalue weighted by Gasteiger charge is -2.07. The lowest BCUT2D eigenvalue weighted by atomic mass is 10.0. The Bertz CT molecular complexity index is 640. The number of ether oxygens (including phenoxy) is 1. The SMILES string of the molecule is Cc1cc(C(=O)c2cccc(OC3CC3)c2)cc(C)n1. The first-order valence-corrected chi connectivity index (χ1v) is 6.88. The number of aryl methyl sites for hydroxylation is 2. The van der Waals surface area contributed by atoms with Crippen LogP contribution in [0.25, 0.3) is 0 Å².